The minimum atomic E-state index is -0.244. The number of nitrogens with zero attached hydrogens (tertiary/aromatic N) is 1. The molecule has 0 radical (unpaired) electrons. The van der Waals surface area contributed by atoms with Crippen molar-refractivity contribution in [2.45, 2.75) is 18.9 Å². The molecule has 1 atom stereocenters. The fourth-order valence-corrected chi connectivity index (χ4v) is 2.56. The van der Waals surface area contributed by atoms with Crippen molar-refractivity contribution in [2.24, 2.45) is 0 Å². The Morgan fingerprint density at radius 1 is 1.62 bits per heavy atom. The van der Waals surface area contributed by atoms with Gasteiger partial charge in [-0.05, 0) is 6.42 Å². The van der Waals surface area contributed by atoms with Crippen molar-refractivity contribution < 1.29 is 9.59 Å². The van der Waals surface area contributed by atoms with Crippen LogP contribution >= 0.6 is 11.8 Å². The lowest BCUT2D eigenvalue weighted by Gasteiger charge is -2.18. The van der Waals surface area contributed by atoms with Crippen LogP contribution in [-0.2, 0) is 9.59 Å². The van der Waals surface area contributed by atoms with E-state index >= 15 is 0 Å². The zero-order chi connectivity index (χ0) is 9.26. The van der Waals surface area contributed by atoms with E-state index in [4.69, 9.17) is 0 Å². The third-order valence-electron chi connectivity index (χ3n) is 2.36. The lowest BCUT2D eigenvalue weighted by Crippen LogP contribution is -2.43. The standard InChI is InChI=1S/C8H12N2O2S/c11-7-2-1-6(9-7)8(12)10-3-4-13-5-10/h6H,1-5H2,(H,9,11)/t6-/m0/s1. The van der Waals surface area contributed by atoms with E-state index in [1.165, 1.54) is 0 Å². The fourth-order valence-electron chi connectivity index (χ4n) is 1.61. The molecule has 1 N–H and O–H groups in total. The molecule has 2 heterocycles. The molecule has 2 aliphatic rings. The third-order valence-corrected chi connectivity index (χ3v) is 3.32. The Morgan fingerprint density at radius 3 is 3.00 bits per heavy atom. The minimum absolute atomic E-state index is 0.00481. The van der Waals surface area contributed by atoms with Crippen LogP contribution in [0.4, 0.5) is 0 Å². The van der Waals surface area contributed by atoms with Crippen molar-refractivity contribution in [2.75, 3.05) is 18.2 Å². The molecule has 72 valence electrons. The van der Waals surface area contributed by atoms with Gasteiger partial charge in [0.25, 0.3) is 0 Å². The highest BCUT2D eigenvalue weighted by atomic mass is 32.2. The van der Waals surface area contributed by atoms with Crippen molar-refractivity contribution in [3.8, 4) is 0 Å². The van der Waals surface area contributed by atoms with Gasteiger partial charge >= 0.3 is 0 Å². The van der Waals surface area contributed by atoms with Crippen LogP contribution in [0.15, 0.2) is 0 Å². The highest BCUT2D eigenvalue weighted by Crippen LogP contribution is 2.17. The molecule has 0 aromatic carbocycles. The van der Waals surface area contributed by atoms with Gasteiger partial charge in [0.1, 0.15) is 6.04 Å². The van der Waals surface area contributed by atoms with Gasteiger partial charge in [-0.15, -0.1) is 11.8 Å². The molecular formula is C8H12N2O2S. The highest BCUT2D eigenvalue weighted by molar-refractivity contribution is 7.99. The summed E-state index contributed by atoms with van der Waals surface area (Å²) < 4.78 is 0. The molecule has 2 rings (SSSR count). The number of nitrogens with one attached hydrogen (secondary N) is 1. The molecule has 2 amide bonds. The number of amides is 2. The van der Waals surface area contributed by atoms with E-state index in [1.54, 1.807) is 11.8 Å². The van der Waals surface area contributed by atoms with Gasteiger partial charge in [-0.2, -0.15) is 0 Å². The van der Waals surface area contributed by atoms with E-state index in [9.17, 15) is 9.59 Å². The zero-order valence-electron chi connectivity index (χ0n) is 7.28. The van der Waals surface area contributed by atoms with E-state index in [-0.39, 0.29) is 17.9 Å². The van der Waals surface area contributed by atoms with Crippen LogP contribution in [0.5, 0.6) is 0 Å². The van der Waals surface area contributed by atoms with Gasteiger partial charge in [0.05, 0.1) is 5.88 Å². The quantitative estimate of drug-likeness (QED) is 0.637. The van der Waals surface area contributed by atoms with Crippen molar-refractivity contribution >= 4 is 23.6 Å². The van der Waals surface area contributed by atoms with Gasteiger partial charge in [-0.1, -0.05) is 0 Å². The van der Waals surface area contributed by atoms with Gasteiger partial charge < -0.3 is 10.2 Å². The first kappa shape index (κ1) is 8.87. The van der Waals surface area contributed by atoms with Crippen LogP contribution in [0.3, 0.4) is 0 Å². The summed E-state index contributed by atoms with van der Waals surface area (Å²) in [7, 11) is 0. The van der Waals surface area contributed by atoms with E-state index < -0.39 is 0 Å². The number of hydrogen-bond donors (Lipinski definition) is 1. The maximum Gasteiger partial charge on any atom is 0.245 e. The predicted octanol–water partition coefficient (Wildman–Crippen LogP) is -0.202. The molecule has 5 heteroatoms. The zero-order valence-corrected chi connectivity index (χ0v) is 8.10. The molecule has 0 aromatic rings. The lowest BCUT2D eigenvalue weighted by atomic mass is 10.2. The van der Waals surface area contributed by atoms with Crippen LogP contribution in [0.25, 0.3) is 0 Å². The van der Waals surface area contributed by atoms with Crippen LogP contribution in [0.1, 0.15) is 12.8 Å². The summed E-state index contributed by atoms with van der Waals surface area (Å²) in [5.41, 5.74) is 0. The summed E-state index contributed by atoms with van der Waals surface area (Å²) in [6.07, 6.45) is 1.16. The van der Waals surface area contributed by atoms with Gasteiger partial charge in [0.15, 0.2) is 0 Å². The Bertz CT molecular complexity index is 238. The van der Waals surface area contributed by atoms with Crippen LogP contribution in [0, 0.1) is 0 Å². The molecule has 0 aliphatic carbocycles. The molecule has 2 saturated heterocycles. The molecular weight excluding hydrogens is 188 g/mol. The van der Waals surface area contributed by atoms with E-state index in [0.29, 0.717) is 12.8 Å². The summed E-state index contributed by atoms with van der Waals surface area (Å²) >= 11 is 1.76. The topological polar surface area (TPSA) is 49.4 Å². The van der Waals surface area contributed by atoms with Crippen LogP contribution < -0.4 is 5.32 Å². The Kier molecular flexibility index (Phi) is 2.44. The van der Waals surface area contributed by atoms with Crippen molar-refractivity contribution in [3.63, 3.8) is 0 Å². The number of carbonyl (C=O) groups excluding carboxylic acids is 2. The van der Waals surface area contributed by atoms with Gasteiger partial charge in [0, 0.05) is 18.7 Å². The van der Waals surface area contributed by atoms with Crippen LogP contribution in [-0.4, -0.2) is 40.9 Å². The number of carbonyl (C=O) groups is 2. The molecule has 2 fully saturated rings. The van der Waals surface area contributed by atoms with E-state index in [1.807, 2.05) is 4.90 Å². The second-order valence-electron chi connectivity index (χ2n) is 3.30. The smallest absolute Gasteiger partial charge is 0.245 e. The maximum absolute atomic E-state index is 11.7. The molecule has 13 heavy (non-hydrogen) atoms. The number of thioether (sulfide) groups is 1. The molecule has 0 aromatic heterocycles. The average Bonchev–Trinajstić information content (AvgIpc) is 2.72. The SMILES string of the molecule is O=C1CC[C@@H](C(=O)N2CCSC2)N1. The van der Waals surface area contributed by atoms with E-state index in [0.717, 1.165) is 18.2 Å². The first-order valence-electron chi connectivity index (χ1n) is 4.43. The Morgan fingerprint density at radius 2 is 2.46 bits per heavy atom. The highest BCUT2D eigenvalue weighted by Gasteiger charge is 2.31. The molecule has 0 saturated carbocycles. The molecule has 0 bridgehead atoms. The molecule has 4 nitrogen and oxygen atoms in total. The first-order valence-corrected chi connectivity index (χ1v) is 5.59. The molecule has 2 aliphatic heterocycles. The largest absolute Gasteiger partial charge is 0.344 e. The van der Waals surface area contributed by atoms with Gasteiger partial charge in [-0.25, -0.2) is 0 Å². The molecule has 0 spiro atoms. The monoisotopic (exact) mass is 200 g/mol. The summed E-state index contributed by atoms with van der Waals surface area (Å²) in [4.78, 5) is 24.4. The van der Waals surface area contributed by atoms with Crippen LogP contribution in [0.2, 0.25) is 0 Å². The fraction of sp³-hybridized carbons (Fsp3) is 0.750. The summed E-state index contributed by atoms with van der Waals surface area (Å²) in [6.45, 7) is 0.829. The summed E-state index contributed by atoms with van der Waals surface area (Å²) in [5, 5.41) is 2.69. The molecule has 0 unspecified atom stereocenters. The predicted molar refractivity (Wildman–Crippen MR) is 50.2 cm³/mol. The number of rotatable bonds is 1. The summed E-state index contributed by atoms with van der Waals surface area (Å²) in [5.74, 6) is 1.90. The van der Waals surface area contributed by atoms with Gasteiger partial charge in [-0.3, -0.25) is 9.59 Å². The van der Waals surface area contributed by atoms with Gasteiger partial charge in [0.2, 0.25) is 11.8 Å². The van der Waals surface area contributed by atoms with Crippen molar-refractivity contribution in [1.29, 1.82) is 0 Å². The lowest BCUT2D eigenvalue weighted by molar-refractivity contribution is -0.133. The summed E-state index contributed by atoms with van der Waals surface area (Å²) in [6, 6.07) is -0.244. The average molecular weight is 200 g/mol. The maximum atomic E-state index is 11.7. The second-order valence-corrected chi connectivity index (χ2v) is 4.37. The Balaban J connectivity index is 1.92. The minimum Gasteiger partial charge on any atom is -0.344 e. The van der Waals surface area contributed by atoms with E-state index in [2.05, 4.69) is 5.32 Å². The third kappa shape index (κ3) is 1.80. The number of hydrogen-bond acceptors (Lipinski definition) is 3. The Labute approximate surface area is 81.0 Å². The second kappa shape index (κ2) is 3.57. The van der Waals surface area contributed by atoms with Crippen molar-refractivity contribution in [3.05, 3.63) is 0 Å². The first-order chi connectivity index (χ1) is 6.27. The normalized spacial score (nSPS) is 27.8. The Hall–Kier alpha value is -0.710. The van der Waals surface area contributed by atoms with Crippen molar-refractivity contribution in [1.82, 2.24) is 10.2 Å².